The Morgan fingerprint density at radius 2 is 1.48 bits per heavy atom. The molecule has 0 amide bonds. The lowest BCUT2D eigenvalue weighted by Crippen LogP contribution is -3.00. The van der Waals surface area contributed by atoms with E-state index in [1.807, 2.05) is 70.3 Å². The van der Waals surface area contributed by atoms with E-state index in [1.165, 1.54) is 0 Å². The van der Waals surface area contributed by atoms with Gasteiger partial charge in [0, 0.05) is 36.4 Å². The van der Waals surface area contributed by atoms with Crippen molar-refractivity contribution in [2.45, 2.75) is 18.1 Å². The van der Waals surface area contributed by atoms with E-state index >= 15 is 0 Å². The molecule has 0 aliphatic heterocycles. The van der Waals surface area contributed by atoms with E-state index in [2.05, 4.69) is 6.07 Å². The molecule has 0 fully saturated rings. The summed E-state index contributed by atoms with van der Waals surface area (Å²) in [4.78, 5) is 19.9. The van der Waals surface area contributed by atoms with Crippen molar-refractivity contribution in [2.24, 2.45) is 0 Å². The summed E-state index contributed by atoms with van der Waals surface area (Å²) in [5, 5.41) is 7.71. The van der Waals surface area contributed by atoms with Crippen molar-refractivity contribution < 1.29 is 48.3 Å². The van der Waals surface area contributed by atoms with Gasteiger partial charge < -0.3 is 34.6 Å². The first-order valence-electron chi connectivity index (χ1n) is 9.82. The molecule has 2 heterocycles. The van der Waals surface area contributed by atoms with Gasteiger partial charge in [0.15, 0.2) is 36.5 Å². The highest BCUT2D eigenvalue weighted by Crippen LogP contribution is 2.54. The molecule has 1 unspecified atom stereocenters. The molecule has 3 aromatic rings. The fourth-order valence-electron chi connectivity index (χ4n) is 3.65. The van der Waals surface area contributed by atoms with Crippen LogP contribution in [0.15, 0.2) is 97.6 Å². The fraction of sp³-hybridized carbons (Fsp3) is 0.125. The lowest BCUT2D eigenvalue weighted by Gasteiger charge is -2.28. The van der Waals surface area contributed by atoms with Gasteiger partial charge in [0.1, 0.15) is 0 Å². The van der Waals surface area contributed by atoms with Crippen LogP contribution in [0, 0.1) is 11.3 Å². The largest absolute Gasteiger partial charge is 1.00 e. The highest BCUT2D eigenvalue weighted by molar-refractivity contribution is 7.53. The summed E-state index contributed by atoms with van der Waals surface area (Å²) < 4.78 is 15.9. The smallest absolute Gasteiger partial charge is 0.342 e. The first kappa shape index (κ1) is 26.5. The molecule has 1 aliphatic rings. The quantitative estimate of drug-likeness (QED) is 0.292. The average Bonchev–Trinajstić information content (AvgIpc) is 2.80. The van der Waals surface area contributed by atoms with Gasteiger partial charge in [-0.15, -0.1) is 0 Å². The lowest BCUT2D eigenvalue weighted by molar-refractivity contribution is -0.699. The number of benzene rings is 1. The van der Waals surface area contributed by atoms with Crippen LogP contribution in [-0.4, -0.2) is 14.9 Å². The number of nitriles is 1. The lowest BCUT2D eigenvalue weighted by atomic mass is 9.99. The van der Waals surface area contributed by atoms with Crippen molar-refractivity contribution in [3.63, 3.8) is 0 Å². The monoisotopic (exact) mass is 501 g/mol. The van der Waals surface area contributed by atoms with E-state index in [0.29, 0.717) is 12.0 Å². The number of pyridine rings is 2. The maximum absolute atomic E-state index is 12.2. The minimum Gasteiger partial charge on any atom is -1.00 e. The molecule has 0 saturated heterocycles. The molecule has 2 aromatic heterocycles. The fourth-order valence-corrected chi connectivity index (χ4v) is 4.62. The van der Waals surface area contributed by atoms with Gasteiger partial charge in [0.25, 0.3) is 0 Å². The summed E-state index contributed by atoms with van der Waals surface area (Å²) in [6.07, 6.45) is 14.8. The predicted molar refractivity (Wildman–Crippen MR) is 116 cm³/mol. The summed E-state index contributed by atoms with van der Waals surface area (Å²) >= 11 is 0. The number of rotatable bonds is 5. The SMILES string of the molecule is N#Cc1ccc(-[n+]2ccc(-c3cc[n+](CC4(P(=O)(O)O)C=CC=CC4)cc3)cc2)cc1.[Cl-].[Cl-]. The van der Waals surface area contributed by atoms with Crippen molar-refractivity contribution in [1.82, 2.24) is 0 Å². The zero-order chi connectivity index (χ0) is 21.9. The molecule has 0 saturated carbocycles. The Bertz CT molecular complexity index is 1230. The predicted octanol–water partition coefficient (Wildman–Crippen LogP) is -2.77. The van der Waals surface area contributed by atoms with Gasteiger partial charge >= 0.3 is 7.60 Å². The molecule has 170 valence electrons. The van der Waals surface area contributed by atoms with Crippen molar-refractivity contribution >= 4 is 7.60 Å². The number of hydrogen-bond donors (Lipinski definition) is 2. The van der Waals surface area contributed by atoms with Crippen LogP contribution in [0.1, 0.15) is 12.0 Å². The van der Waals surface area contributed by atoms with Crippen molar-refractivity contribution in [3.05, 3.63) is 103 Å². The maximum atomic E-state index is 12.2. The molecule has 1 atom stereocenters. The summed E-state index contributed by atoms with van der Waals surface area (Å²) in [7, 11) is -4.33. The minimum atomic E-state index is -4.33. The first-order valence-corrected chi connectivity index (χ1v) is 11.4. The average molecular weight is 502 g/mol. The Hall–Kier alpha value is -2.78. The summed E-state index contributed by atoms with van der Waals surface area (Å²) in [5.74, 6) is 0. The van der Waals surface area contributed by atoms with E-state index in [0.717, 1.165) is 16.8 Å². The molecule has 33 heavy (non-hydrogen) atoms. The van der Waals surface area contributed by atoms with E-state index in [1.54, 1.807) is 36.4 Å². The number of nitrogens with zero attached hydrogens (tertiary/aromatic N) is 3. The molecule has 1 aromatic carbocycles. The van der Waals surface area contributed by atoms with E-state index in [9.17, 15) is 14.4 Å². The van der Waals surface area contributed by atoms with Gasteiger partial charge in [-0.3, -0.25) is 4.57 Å². The second kappa shape index (κ2) is 10.9. The molecular weight excluding hydrogens is 480 g/mol. The van der Waals surface area contributed by atoms with Crippen LogP contribution in [0.3, 0.4) is 0 Å². The Kier molecular flexibility index (Phi) is 8.74. The summed E-state index contributed by atoms with van der Waals surface area (Å²) in [6, 6.07) is 17.4. The second-order valence-electron chi connectivity index (χ2n) is 7.55. The van der Waals surface area contributed by atoms with Crippen molar-refractivity contribution in [1.29, 1.82) is 5.26 Å². The van der Waals surface area contributed by atoms with Gasteiger partial charge in [0.2, 0.25) is 5.69 Å². The van der Waals surface area contributed by atoms with Gasteiger partial charge in [-0.25, -0.2) is 4.57 Å². The molecule has 0 spiro atoms. The van der Waals surface area contributed by atoms with E-state index < -0.39 is 12.8 Å². The van der Waals surface area contributed by atoms with Crippen LogP contribution in [0.4, 0.5) is 0 Å². The third kappa shape index (κ3) is 5.78. The van der Waals surface area contributed by atoms with Crippen LogP contribution in [-0.2, 0) is 11.1 Å². The Balaban J connectivity index is 0.00000193. The van der Waals surface area contributed by atoms with Crippen LogP contribution >= 0.6 is 7.60 Å². The maximum Gasteiger partial charge on any atom is 0.342 e. The first-order chi connectivity index (χ1) is 14.9. The molecule has 2 N–H and O–H groups in total. The molecule has 6 nitrogen and oxygen atoms in total. The molecule has 0 bridgehead atoms. The Morgan fingerprint density at radius 1 is 0.909 bits per heavy atom. The molecule has 0 radical (unpaired) electrons. The minimum absolute atomic E-state index is 0. The number of hydrogen-bond acceptors (Lipinski definition) is 2. The third-order valence-electron chi connectivity index (χ3n) is 5.51. The van der Waals surface area contributed by atoms with Crippen LogP contribution in [0.2, 0.25) is 0 Å². The van der Waals surface area contributed by atoms with Gasteiger partial charge in [-0.2, -0.15) is 9.83 Å². The summed E-state index contributed by atoms with van der Waals surface area (Å²) in [5.41, 5.74) is 3.63. The normalized spacial score (nSPS) is 16.9. The highest BCUT2D eigenvalue weighted by atomic mass is 35.5. The number of allylic oxidation sites excluding steroid dienone is 4. The van der Waals surface area contributed by atoms with E-state index in [4.69, 9.17) is 5.26 Å². The zero-order valence-corrected chi connectivity index (χ0v) is 19.9. The standard InChI is InChI=1S/C24H20N3O3P.2ClH/c25-18-20-4-6-23(7-5-20)27-16-10-22(11-17-27)21-8-14-26(15-9-21)19-24(31(28,29)30)12-2-1-3-13-24;;/h1-12,14-17H,13,19H2;2*1H. The molecule has 1 aliphatic carbocycles. The van der Waals surface area contributed by atoms with E-state index in [-0.39, 0.29) is 31.4 Å². The van der Waals surface area contributed by atoms with Crippen molar-refractivity contribution in [2.75, 3.05) is 0 Å². The van der Waals surface area contributed by atoms with Crippen molar-refractivity contribution in [3.8, 4) is 22.9 Å². The Morgan fingerprint density at radius 3 is 1.97 bits per heavy atom. The topological polar surface area (TPSA) is 89.1 Å². The van der Waals surface area contributed by atoms with Gasteiger partial charge in [0.05, 0.1) is 11.6 Å². The summed E-state index contributed by atoms with van der Waals surface area (Å²) in [6.45, 7) is 0.200. The molecular formula is C24H22Cl2N3O3P. The third-order valence-corrected chi connectivity index (χ3v) is 7.14. The molecule has 9 heteroatoms. The zero-order valence-electron chi connectivity index (χ0n) is 17.5. The highest BCUT2D eigenvalue weighted by Gasteiger charge is 2.48. The van der Waals surface area contributed by atoms with Crippen LogP contribution < -0.4 is 33.9 Å². The molecule has 4 rings (SSSR count). The number of aromatic nitrogens is 2. The van der Waals surface area contributed by atoms with Gasteiger partial charge in [-0.05, 0) is 29.7 Å². The van der Waals surface area contributed by atoms with Crippen LogP contribution in [0.5, 0.6) is 0 Å². The van der Waals surface area contributed by atoms with Crippen LogP contribution in [0.25, 0.3) is 16.8 Å². The second-order valence-corrected chi connectivity index (χ2v) is 9.53. The van der Waals surface area contributed by atoms with Gasteiger partial charge in [-0.1, -0.05) is 24.3 Å². The number of halogens is 2. The Labute approximate surface area is 205 Å².